The zero-order valence-electron chi connectivity index (χ0n) is 29.5. The second kappa shape index (κ2) is 11.4. The first-order valence-electron chi connectivity index (χ1n) is 17.8. The number of esters is 1. The van der Waals surface area contributed by atoms with Crippen LogP contribution in [0.4, 0.5) is 0 Å². The molecule has 0 aliphatic heterocycles. The quantitative estimate of drug-likeness (QED) is 0.162. The van der Waals surface area contributed by atoms with E-state index in [1.54, 1.807) is 18.2 Å². The molecule has 7 heteroatoms. The van der Waals surface area contributed by atoms with Crippen LogP contribution in [0.5, 0.6) is 11.5 Å². The van der Waals surface area contributed by atoms with Crippen LogP contribution in [-0.4, -0.2) is 47.1 Å². The summed E-state index contributed by atoms with van der Waals surface area (Å²) in [4.78, 5) is 26.6. The Balaban J connectivity index is 1.40. The second-order valence-corrected chi connectivity index (χ2v) is 17.7. The molecule has 6 rings (SSSR count). The zero-order chi connectivity index (χ0) is 34.2. The second-order valence-electron chi connectivity index (χ2n) is 17.7. The lowest BCUT2D eigenvalue weighted by Crippen LogP contribution is -2.66. The van der Waals surface area contributed by atoms with Gasteiger partial charge in [-0.3, -0.25) is 4.79 Å². The molecule has 3 N–H and O–H groups in total. The number of benzene rings is 1. The fraction of sp³-hybridized carbons (Fsp3) is 0.700. The highest BCUT2D eigenvalue weighted by molar-refractivity contribution is 5.87. The summed E-state index contributed by atoms with van der Waals surface area (Å²) in [7, 11) is 1.49. The molecule has 258 valence electrons. The van der Waals surface area contributed by atoms with Crippen molar-refractivity contribution in [2.75, 3.05) is 13.7 Å². The predicted octanol–water partition coefficient (Wildman–Crippen LogP) is 8.18. The molecule has 0 heterocycles. The average Bonchev–Trinajstić information content (AvgIpc) is 3.01. The molecule has 1 aromatic rings. The number of aromatic hydroxyl groups is 1. The standard InChI is InChI=1S/C40H56O7/c1-35(2)18-19-39(34(44)45)20-21-40(24-47-33(43)13-9-25-8-11-28(41)29(22-25)46-7)26(27(39)23-35)10-12-31-37(5)16-15-32(42)36(3,4)30(37)14-17-38(31,40)6/h8-11,13,22,27,30-32,41-42H,12,14-21,23-24H2,1-7H3,(H,44,45)/b13-9+/t27-,30+,31+,32-,37-,38+,39-,40-/m0/s1. The van der Waals surface area contributed by atoms with Gasteiger partial charge in [-0.2, -0.15) is 0 Å². The smallest absolute Gasteiger partial charge is 0.330 e. The zero-order valence-corrected chi connectivity index (χ0v) is 29.5. The Morgan fingerprint density at radius 1 is 0.957 bits per heavy atom. The first-order chi connectivity index (χ1) is 22.0. The fourth-order valence-electron chi connectivity index (χ4n) is 11.9. The number of carbonyl (C=O) groups excluding carboxylic acids is 1. The van der Waals surface area contributed by atoms with E-state index in [0.29, 0.717) is 42.4 Å². The van der Waals surface area contributed by atoms with Gasteiger partial charge < -0.3 is 24.8 Å². The first-order valence-corrected chi connectivity index (χ1v) is 17.8. The minimum Gasteiger partial charge on any atom is -0.504 e. The monoisotopic (exact) mass is 648 g/mol. The lowest BCUT2D eigenvalue weighted by molar-refractivity contribution is -0.217. The maximum Gasteiger partial charge on any atom is 0.330 e. The molecule has 0 unspecified atom stereocenters. The van der Waals surface area contributed by atoms with Gasteiger partial charge in [-0.05, 0) is 127 Å². The average molecular weight is 649 g/mol. The summed E-state index contributed by atoms with van der Waals surface area (Å²) >= 11 is 0. The van der Waals surface area contributed by atoms with Crippen molar-refractivity contribution in [3.05, 3.63) is 41.5 Å². The Morgan fingerprint density at radius 3 is 2.38 bits per heavy atom. The van der Waals surface area contributed by atoms with E-state index in [2.05, 4.69) is 47.6 Å². The number of aliphatic hydroxyl groups excluding tert-OH is 1. The number of fused-ring (bicyclic) bond motifs is 7. The van der Waals surface area contributed by atoms with Gasteiger partial charge in [-0.15, -0.1) is 0 Å². The summed E-state index contributed by atoms with van der Waals surface area (Å²) in [6, 6.07) is 4.92. The molecule has 0 amide bonds. The number of phenols is 1. The number of phenolic OH excluding ortho intramolecular Hbond substituents is 1. The van der Waals surface area contributed by atoms with Crippen LogP contribution < -0.4 is 4.74 Å². The minimum absolute atomic E-state index is 0.0137. The third-order valence-electron chi connectivity index (χ3n) is 14.8. The van der Waals surface area contributed by atoms with Crippen LogP contribution in [0.15, 0.2) is 35.9 Å². The molecule has 4 saturated carbocycles. The number of aliphatic carboxylic acids is 1. The van der Waals surface area contributed by atoms with E-state index in [-0.39, 0.29) is 46.0 Å². The normalized spacial score (nSPS) is 40.2. The van der Waals surface area contributed by atoms with Crippen molar-refractivity contribution < 1.29 is 34.4 Å². The summed E-state index contributed by atoms with van der Waals surface area (Å²) in [5.74, 6) is -0.129. The van der Waals surface area contributed by atoms with Crippen LogP contribution >= 0.6 is 0 Å². The number of carbonyl (C=O) groups is 2. The number of ether oxygens (including phenoxy) is 2. The molecule has 5 aliphatic carbocycles. The van der Waals surface area contributed by atoms with E-state index in [1.807, 2.05) is 0 Å². The molecule has 0 aromatic heterocycles. The molecule has 0 saturated heterocycles. The Labute approximate surface area is 280 Å². The molecule has 47 heavy (non-hydrogen) atoms. The summed E-state index contributed by atoms with van der Waals surface area (Å²) in [5, 5.41) is 31.9. The molecule has 0 spiro atoms. The lowest BCUT2D eigenvalue weighted by atomic mass is 9.33. The molecule has 0 radical (unpaired) electrons. The van der Waals surface area contributed by atoms with E-state index in [0.717, 1.165) is 44.9 Å². The highest BCUT2D eigenvalue weighted by Crippen LogP contribution is 2.76. The van der Waals surface area contributed by atoms with Crippen molar-refractivity contribution in [1.29, 1.82) is 0 Å². The summed E-state index contributed by atoms with van der Waals surface area (Å²) < 4.78 is 11.5. The van der Waals surface area contributed by atoms with Crippen molar-refractivity contribution in [1.82, 2.24) is 0 Å². The predicted molar refractivity (Wildman–Crippen MR) is 182 cm³/mol. The van der Waals surface area contributed by atoms with E-state index in [4.69, 9.17) is 9.47 Å². The number of methoxy groups -OCH3 is 1. The van der Waals surface area contributed by atoms with Gasteiger partial charge in [0, 0.05) is 11.5 Å². The third kappa shape index (κ3) is 5.08. The van der Waals surface area contributed by atoms with Gasteiger partial charge in [-0.1, -0.05) is 59.3 Å². The number of aliphatic hydroxyl groups is 1. The van der Waals surface area contributed by atoms with Crippen molar-refractivity contribution >= 4 is 18.0 Å². The van der Waals surface area contributed by atoms with E-state index < -0.39 is 22.8 Å². The maximum atomic E-state index is 13.5. The molecule has 4 fully saturated rings. The van der Waals surface area contributed by atoms with Crippen molar-refractivity contribution in [3.63, 3.8) is 0 Å². The summed E-state index contributed by atoms with van der Waals surface area (Å²) in [6.07, 6.45) is 13.5. The number of carboxylic acid groups (broad SMARTS) is 1. The first kappa shape index (κ1) is 34.1. The van der Waals surface area contributed by atoms with Crippen LogP contribution in [0.25, 0.3) is 6.08 Å². The number of carboxylic acids is 1. The van der Waals surface area contributed by atoms with Crippen LogP contribution in [0.3, 0.4) is 0 Å². The van der Waals surface area contributed by atoms with Gasteiger partial charge >= 0.3 is 11.9 Å². The number of rotatable bonds is 6. The van der Waals surface area contributed by atoms with Gasteiger partial charge in [-0.25, -0.2) is 4.79 Å². The SMILES string of the molecule is COc1cc(/C=C/C(=O)OC[C@@]23CC[C@@]4(C(=O)O)CCC(C)(C)C[C@H]4C2=CC[C@@H]2[C@@]4(C)CC[C@H](O)C(C)(C)[C@H]4CC[C@]23C)ccc1O. The number of allylic oxidation sites excluding steroid dienone is 1. The van der Waals surface area contributed by atoms with Crippen LogP contribution in [0.1, 0.15) is 111 Å². The van der Waals surface area contributed by atoms with Crippen molar-refractivity contribution in [2.24, 2.45) is 50.2 Å². The molecule has 5 aliphatic rings. The summed E-state index contributed by atoms with van der Waals surface area (Å²) in [5.41, 5.74) is 0.360. The van der Waals surface area contributed by atoms with E-state index in [1.165, 1.54) is 24.8 Å². The number of hydrogen-bond donors (Lipinski definition) is 3. The largest absolute Gasteiger partial charge is 0.504 e. The minimum atomic E-state index is -0.784. The fourth-order valence-corrected chi connectivity index (χ4v) is 11.9. The molecule has 1 aromatic carbocycles. The van der Waals surface area contributed by atoms with Gasteiger partial charge in [0.2, 0.25) is 0 Å². The number of hydrogen-bond acceptors (Lipinski definition) is 6. The van der Waals surface area contributed by atoms with Crippen LogP contribution in [0, 0.1) is 50.2 Å². The van der Waals surface area contributed by atoms with E-state index >= 15 is 0 Å². The maximum absolute atomic E-state index is 13.5. The molecule has 8 atom stereocenters. The highest BCUT2D eigenvalue weighted by atomic mass is 16.5. The van der Waals surface area contributed by atoms with Crippen LogP contribution in [-0.2, 0) is 14.3 Å². The Kier molecular flexibility index (Phi) is 8.26. The Bertz CT molecular complexity index is 1490. The topological polar surface area (TPSA) is 113 Å². The van der Waals surface area contributed by atoms with E-state index in [9.17, 15) is 24.9 Å². The van der Waals surface area contributed by atoms with Gasteiger partial charge in [0.25, 0.3) is 0 Å². The van der Waals surface area contributed by atoms with Crippen molar-refractivity contribution in [2.45, 2.75) is 112 Å². The highest BCUT2D eigenvalue weighted by Gasteiger charge is 2.70. The third-order valence-corrected chi connectivity index (χ3v) is 14.8. The van der Waals surface area contributed by atoms with Crippen molar-refractivity contribution in [3.8, 4) is 11.5 Å². The lowest BCUT2D eigenvalue weighted by Gasteiger charge is -2.71. The molecule has 7 nitrogen and oxygen atoms in total. The van der Waals surface area contributed by atoms with Gasteiger partial charge in [0.15, 0.2) is 11.5 Å². The molecular formula is C40H56O7. The molecule has 0 bridgehead atoms. The summed E-state index contributed by atoms with van der Waals surface area (Å²) in [6.45, 7) is 14.1. The molecular weight excluding hydrogens is 592 g/mol. The Hall–Kier alpha value is -2.80. The van der Waals surface area contributed by atoms with Gasteiger partial charge in [0.1, 0.15) is 6.61 Å². The van der Waals surface area contributed by atoms with Crippen LogP contribution in [0.2, 0.25) is 0 Å². The van der Waals surface area contributed by atoms with Gasteiger partial charge in [0.05, 0.1) is 18.6 Å². The Morgan fingerprint density at radius 2 is 1.68 bits per heavy atom.